The minimum absolute atomic E-state index is 0.0824. The maximum absolute atomic E-state index is 13.4. The molecule has 4 rings (SSSR count). The van der Waals surface area contributed by atoms with Gasteiger partial charge in [0.05, 0.1) is 31.4 Å². The molecule has 196 valence electrons. The number of carbonyl (C=O) groups is 2. The smallest absolute Gasteiger partial charge is 0.295 e. The van der Waals surface area contributed by atoms with Crippen molar-refractivity contribution in [3.05, 3.63) is 77.4 Å². The van der Waals surface area contributed by atoms with E-state index in [1.807, 2.05) is 32.0 Å². The second-order valence-electron chi connectivity index (χ2n) is 9.02. The first-order valence-corrected chi connectivity index (χ1v) is 12.6. The summed E-state index contributed by atoms with van der Waals surface area (Å²) in [6.07, 6.45) is 1.66. The molecule has 0 saturated carbocycles. The minimum atomic E-state index is -0.722. The Labute approximate surface area is 217 Å². The number of hydrogen-bond donors (Lipinski definition) is 1. The summed E-state index contributed by atoms with van der Waals surface area (Å²) < 4.78 is 16.6. The van der Waals surface area contributed by atoms with Crippen LogP contribution in [-0.2, 0) is 14.3 Å². The highest BCUT2D eigenvalue weighted by molar-refractivity contribution is 6.46. The predicted molar refractivity (Wildman–Crippen MR) is 141 cm³/mol. The van der Waals surface area contributed by atoms with Gasteiger partial charge < -0.3 is 24.2 Å². The Hall–Kier alpha value is -3.62. The Morgan fingerprint density at radius 1 is 1.08 bits per heavy atom. The van der Waals surface area contributed by atoms with Gasteiger partial charge in [-0.2, -0.15) is 0 Å². The van der Waals surface area contributed by atoms with Crippen LogP contribution in [-0.4, -0.2) is 79.2 Å². The molecule has 0 aliphatic carbocycles. The molecule has 0 bridgehead atoms. The predicted octanol–water partition coefficient (Wildman–Crippen LogP) is 3.71. The molecule has 0 aromatic heterocycles. The number of aliphatic hydroxyl groups excluding tert-OH is 1. The maximum Gasteiger partial charge on any atom is 0.295 e. The number of morpholine rings is 1. The van der Waals surface area contributed by atoms with E-state index >= 15 is 0 Å². The van der Waals surface area contributed by atoms with Crippen LogP contribution in [0, 0.1) is 6.92 Å². The third kappa shape index (κ3) is 5.87. The van der Waals surface area contributed by atoms with Gasteiger partial charge in [-0.3, -0.25) is 14.5 Å². The van der Waals surface area contributed by atoms with Crippen molar-refractivity contribution in [2.75, 3.05) is 52.6 Å². The fraction of sp³-hybridized carbons (Fsp3) is 0.379. The lowest BCUT2D eigenvalue weighted by atomic mass is 9.94. The fourth-order valence-electron chi connectivity index (χ4n) is 4.74. The number of hydrogen-bond acceptors (Lipinski definition) is 7. The number of ether oxygens (including phenoxy) is 3. The molecular weight excluding hydrogens is 472 g/mol. The minimum Gasteiger partial charge on any atom is -0.507 e. The number of aliphatic hydroxyl groups is 1. The first-order valence-electron chi connectivity index (χ1n) is 12.6. The first kappa shape index (κ1) is 26.4. The molecule has 1 amide bonds. The third-order valence-electron chi connectivity index (χ3n) is 6.63. The molecule has 2 aromatic rings. The Kier molecular flexibility index (Phi) is 8.63. The van der Waals surface area contributed by atoms with Crippen LogP contribution >= 0.6 is 0 Å². The molecule has 2 aromatic carbocycles. The number of ketones is 1. The van der Waals surface area contributed by atoms with Crippen LogP contribution < -0.4 is 9.47 Å². The normalized spacial score (nSPS) is 19.7. The van der Waals surface area contributed by atoms with Crippen LogP contribution in [0.15, 0.2) is 60.7 Å². The lowest BCUT2D eigenvalue weighted by Gasteiger charge is -2.31. The van der Waals surface area contributed by atoms with Gasteiger partial charge in [-0.1, -0.05) is 24.8 Å². The van der Waals surface area contributed by atoms with Crippen LogP contribution in [0.2, 0.25) is 0 Å². The zero-order chi connectivity index (χ0) is 26.4. The lowest BCUT2D eigenvalue weighted by Crippen LogP contribution is -2.42. The van der Waals surface area contributed by atoms with E-state index < -0.39 is 17.7 Å². The number of amides is 1. The van der Waals surface area contributed by atoms with E-state index in [2.05, 4.69) is 11.5 Å². The number of rotatable bonds is 10. The third-order valence-corrected chi connectivity index (χ3v) is 6.63. The van der Waals surface area contributed by atoms with Crippen LogP contribution in [0.3, 0.4) is 0 Å². The van der Waals surface area contributed by atoms with Crippen LogP contribution in [0.4, 0.5) is 0 Å². The van der Waals surface area contributed by atoms with E-state index in [1.165, 1.54) is 0 Å². The highest BCUT2D eigenvalue weighted by Gasteiger charge is 2.46. The second-order valence-corrected chi connectivity index (χ2v) is 9.02. The van der Waals surface area contributed by atoms with Crippen LogP contribution in [0.5, 0.6) is 11.5 Å². The summed E-state index contributed by atoms with van der Waals surface area (Å²) in [7, 11) is 0. The van der Waals surface area contributed by atoms with Gasteiger partial charge in [-0.25, -0.2) is 0 Å². The van der Waals surface area contributed by atoms with Gasteiger partial charge in [-0.05, 0) is 55.3 Å². The van der Waals surface area contributed by atoms with Crippen molar-refractivity contribution in [3.63, 3.8) is 0 Å². The summed E-state index contributed by atoms with van der Waals surface area (Å²) >= 11 is 0. The number of likely N-dealkylation sites (tertiary alicyclic amines) is 1. The average Bonchev–Trinajstić information content (AvgIpc) is 3.16. The van der Waals surface area contributed by atoms with Crippen molar-refractivity contribution in [1.82, 2.24) is 9.80 Å². The highest BCUT2D eigenvalue weighted by atomic mass is 16.5. The zero-order valence-corrected chi connectivity index (χ0v) is 21.4. The summed E-state index contributed by atoms with van der Waals surface area (Å²) in [5.74, 6) is -0.171. The molecule has 1 atom stereocenters. The lowest BCUT2D eigenvalue weighted by molar-refractivity contribution is -0.140. The SMILES string of the molecule is C=CCOc1ccc(C2/C(=C(\O)c3ccc(OCC)cc3C)C(=O)C(=O)N2CCN2CCOCC2)cc1. The molecule has 0 spiro atoms. The van der Waals surface area contributed by atoms with Crippen molar-refractivity contribution < 1.29 is 28.9 Å². The quantitative estimate of drug-likeness (QED) is 0.227. The summed E-state index contributed by atoms with van der Waals surface area (Å²) in [5.41, 5.74) is 2.04. The number of nitrogens with zero attached hydrogens (tertiary/aromatic N) is 2. The van der Waals surface area contributed by atoms with Crippen molar-refractivity contribution in [3.8, 4) is 11.5 Å². The standard InChI is InChI=1S/C29H34N2O6/c1-4-16-37-22-8-6-21(7-9-22)26-25(27(32)24-11-10-23(36-5-2)19-20(24)3)28(33)29(34)31(26)13-12-30-14-17-35-18-15-30/h4,6-11,19,26,32H,1,5,12-18H2,2-3H3/b27-25+. The first-order chi connectivity index (χ1) is 17.9. The van der Waals surface area contributed by atoms with Crippen molar-refractivity contribution >= 4 is 17.4 Å². The van der Waals surface area contributed by atoms with Crippen LogP contribution in [0.25, 0.3) is 5.76 Å². The van der Waals surface area contributed by atoms with Crippen LogP contribution in [0.1, 0.15) is 29.7 Å². The average molecular weight is 507 g/mol. The maximum atomic E-state index is 13.4. The van der Waals surface area contributed by atoms with E-state index in [4.69, 9.17) is 14.2 Å². The van der Waals surface area contributed by atoms with Crippen molar-refractivity contribution in [2.24, 2.45) is 0 Å². The molecule has 8 nitrogen and oxygen atoms in total. The zero-order valence-electron chi connectivity index (χ0n) is 21.4. The van der Waals surface area contributed by atoms with E-state index in [-0.39, 0.29) is 11.3 Å². The number of carbonyl (C=O) groups excluding carboxylic acids is 2. The van der Waals surface area contributed by atoms with E-state index in [1.54, 1.807) is 35.2 Å². The fourth-order valence-corrected chi connectivity index (χ4v) is 4.74. The second kappa shape index (κ2) is 12.1. The monoisotopic (exact) mass is 506 g/mol. The molecule has 8 heteroatoms. The van der Waals surface area contributed by atoms with E-state index in [0.29, 0.717) is 56.6 Å². The van der Waals surface area contributed by atoms with Gasteiger partial charge in [0.2, 0.25) is 0 Å². The van der Waals surface area contributed by atoms with Gasteiger partial charge in [0.25, 0.3) is 11.7 Å². The van der Waals surface area contributed by atoms with Gasteiger partial charge >= 0.3 is 0 Å². The molecule has 37 heavy (non-hydrogen) atoms. The number of aryl methyl sites for hydroxylation is 1. The Bertz CT molecular complexity index is 1170. The van der Waals surface area contributed by atoms with Crippen molar-refractivity contribution in [2.45, 2.75) is 19.9 Å². The van der Waals surface area contributed by atoms with E-state index in [0.717, 1.165) is 24.2 Å². The summed E-state index contributed by atoms with van der Waals surface area (Å²) in [6.45, 7) is 12.1. The number of benzene rings is 2. The topological polar surface area (TPSA) is 88.5 Å². The number of Topliss-reactive ketones (excluding diaryl/α,β-unsaturated/α-hetero) is 1. The molecule has 2 aliphatic heterocycles. The summed E-state index contributed by atoms with van der Waals surface area (Å²) in [5, 5.41) is 11.4. The summed E-state index contributed by atoms with van der Waals surface area (Å²) in [4.78, 5) is 30.4. The van der Waals surface area contributed by atoms with Crippen molar-refractivity contribution in [1.29, 1.82) is 0 Å². The van der Waals surface area contributed by atoms with Gasteiger partial charge in [0.15, 0.2) is 0 Å². The molecule has 2 saturated heterocycles. The Morgan fingerprint density at radius 3 is 2.43 bits per heavy atom. The summed E-state index contributed by atoms with van der Waals surface area (Å²) in [6, 6.07) is 11.8. The Morgan fingerprint density at radius 2 is 1.78 bits per heavy atom. The molecule has 0 radical (unpaired) electrons. The molecule has 1 N–H and O–H groups in total. The highest BCUT2D eigenvalue weighted by Crippen LogP contribution is 2.40. The van der Waals surface area contributed by atoms with Gasteiger partial charge in [-0.15, -0.1) is 0 Å². The van der Waals surface area contributed by atoms with Gasteiger partial charge in [0, 0.05) is 31.7 Å². The van der Waals surface area contributed by atoms with E-state index in [9.17, 15) is 14.7 Å². The molecule has 1 unspecified atom stereocenters. The molecule has 2 fully saturated rings. The molecule has 2 heterocycles. The largest absolute Gasteiger partial charge is 0.507 e. The molecular formula is C29H34N2O6. The van der Waals surface area contributed by atoms with Gasteiger partial charge in [0.1, 0.15) is 23.9 Å². The molecule has 2 aliphatic rings. The Balaban J connectivity index is 1.72.